The first kappa shape index (κ1) is 14.3. The van der Waals surface area contributed by atoms with Crippen molar-refractivity contribution in [2.24, 2.45) is 0 Å². The predicted molar refractivity (Wildman–Crippen MR) is 74.5 cm³/mol. The summed E-state index contributed by atoms with van der Waals surface area (Å²) in [5.74, 6) is -1.86. The van der Waals surface area contributed by atoms with Crippen molar-refractivity contribution in [3.05, 3.63) is 58.5 Å². The maximum absolute atomic E-state index is 12.3. The summed E-state index contributed by atoms with van der Waals surface area (Å²) < 4.78 is 0. The van der Waals surface area contributed by atoms with E-state index in [1.165, 1.54) is 42.5 Å². The Balaban J connectivity index is 2.40. The second-order valence-corrected chi connectivity index (χ2v) is 4.23. The van der Waals surface area contributed by atoms with Gasteiger partial charge in [-0.3, -0.25) is 19.3 Å². The predicted octanol–water partition coefficient (Wildman–Crippen LogP) is 0.812. The summed E-state index contributed by atoms with van der Waals surface area (Å²) in [5.41, 5.74) is -0.177. The van der Waals surface area contributed by atoms with Crippen molar-refractivity contribution in [3.8, 4) is 5.75 Å². The van der Waals surface area contributed by atoms with Crippen LogP contribution in [0.3, 0.4) is 0 Å². The number of hydrogen-bond acceptors (Lipinski definition) is 4. The Morgan fingerprint density at radius 3 is 2.33 bits per heavy atom. The zero-order chi connectivity index (χ0) is 15.4. The van der Waals surface area contributed by atoms with E-state index in [9.17, 15) is 19.5 Å². The van der Waals surface area contributed by atoms with Gasteiger partial charge in [0.25, 0.3) is 5.91 Å². The summed E-state index contributed by atoms with van der Waals surface area (Å²) in [5, 5.41) is 18.2. The number of amides is 1. The summed E-state index contributed by atoms with van der Waals surface area (Å²) >= 11 is 0. The van der Waals surface area contributed by atoms with Crippen molar-refractivity contribution in [1.82, 2.24) is 4.98 Å². The molecule has 1 aromatic carbocycles. The third-order valence-corrected chi connectivity index (χ3v) is 2.70. The summed E-state index contributed by atoms with van der Waals surface area (Å²) in [6.07, 6.45) is 0. The molecule has 108 valence electrons. The van der Waals surface area contributed by atoms with E-state index in [0.29, 0.717) is 5.69 Å². The molecule has 7 nitrogen and oxygen atoms in total. The minimum absolute atomic E-state index is 0.00501. The lowest BCUT2D eigenvalue weighted by molar-refractivity contribution is -0.135. The fraction of sp³-hybridized carbons (Fsp3) is 0.0714. The van der Waals surface area contributed by atoms with Gasteiger partial charge in [0.05, 0.1) is 0 Å². The standard InChI is InChI=1S/C14H12N2O5/c17-10-6-4-9(5-7-10)16(8-13(19)20)14(21)11-2-1-3-12(18)15-11/h1-7,17H,8H2,(H,15,18)(H,19,20). The molecule has 1 heterocycles. The highest BCUT2D eigenvalue weighted by molar-refractivity contribution is 6.07. The fourth-order valence-electron chi connectivity index (χ4n) is 1.77. The number of phenols is 1. The second kappa shape index (κ2) is 5.91. The van der Waals surface area contributed by atoms with E-state index in [-0.39, 0.29) is 11.4 Å². The highest BCUT2D eigenvalue weighted by Crippen LogP contribution is 2.19. The van der Waals surface area contributed by atoms with Gasteiger partial charge < -0.3 is 15.2 Å². The molecule has 2 rings (SSSR count). The quantitative estimate of drug-likeness (QED) is 0.771. The van der Waals surface area contributed by atoms with E-state index >= 15 is 0 Å². The van der Waals surface area contributed by atoms with Crippen LogP contribution in [0.4, 0.5) is 5.69 Å². The molecule has 0 unspecified atom stereocenters. The normalized spacial score (nSPS) is 10.1. The number of phenolic OH excluding ortho intramolecular Hbond substituents is 1. The summed E-state index contributed by atoms with van der Waals surface area (Å²) in [4.78, 5) is 37.9. The molecule has 2 aromatic rings. The van der Waals surface area contributed by atoms with Crippen LogP contribution in [0.15, 0.2) is 47.3 Å². The molecule has 0 saturated carbocycles. The van der Waals surface area contributed by atoms with Crippen molar-refractivity contribution >= 4 is 17.6 Å². The number of carboxylic acids is 1. The van der Waals surface area contributed by atoms with Crippen molar-refractivity contribution in [2.45, 2.75) is 0 Å². The minimum Gasteiger partial charge on any atom is -0.508 e. The number of hydrogen-bond donors (Lipinski definition) is 3. The van der Waals surface area contributed by atoms with Crippen molar-refractivity contribution in [2.75, 3.05) is 11.4 Å². The number of carbonyl (C=O) groups is 2. The first-order valence-electron chi connectivity index (χ1n) is 5.99. The van der Waals surface area contributed by atoms with Gasteiger partial charge in [-0.1, -0.05) is 6.07 Å². The van der Waals surface area contributed by atoms with Gasteiger partial charge in [0.2, 0.25) is 5.56 Å². The van der Waals surface area contributed by atoms with Crippen LogP contribution in [0.25, 0.3) is 0 Å². The number of anilines is 1. The molecule has 0 atom stereocenters. The van der Waals surface area contributed by atoms with Crippen molar-refractivity contribution in [3.63, 3.8) is 0 Å². The van der Waals surface area contributed by atoms with E-state index in [1.807, 2.05) is 0 Å². The molecule has 1 amide bonds. The van der Waals surface area contributed by atoms with Crippen LogP contribution in [0.2, 0.25) is 0 Å². The van der Waals surface area contributed by atoms with Crippen LogP contribution >= 0.6 is 0 Å². The Labute approximate surface area is 119 Å². The molecule has 0 saturated heterocycles. The molecule has 7 heteroatoms. The molecule has 0 spiro atoms. The van der Waals surface area contributed by atoms with Gasteiger partial charge in [-0.15, -0.1) is 0 Å². The molecule has 0 aliphatic heterocycles. The number of nitrogens with zero attached hydrogens (tertiary/aromatic N) is 1. The minimum atomic E-state index is -1.20. The topological polar surface area (TPSA) is 111 Å². The van der Waals surface area contributed by atoms with Gasteiger partial charge in [-0.25, -0.2) is 0 Å². The van der Waals surface area contributed by atoms with Crippen molar-refractivity contribution in [1.29, 1.82) is 0 Å². The molecular formula is C14H12N2O5. The van der Waals surface area contributed by atoms with Crippen LogP contribution in [-0.4, -0.2) is 33.6 Å². The highest BCUT2D eigenvalue weighted by Gasteiger charge is 2.21. The number of carboxylic acid groups (broad SMARTS) is 1. The van der Waals surface area contributed by atoms with Crippen molar-refractivity contribution < 1.29 is 19.8 Å². The highest BCUT2D eigenvalue weighted by atomic mass is 16.4. The first-order chi connectivity index (χ1) is 9.97. The number of benzene rings is 1. The SMILES string of the molecule is O=C(O)CN(C(=O)c1cccc(=O)[nH]1)c1ccc(O)cc1. The number of aromatic nitrogens is 1. The summed E-state index contributed by atoms with van der Waals surface area (Å²) in [7, 11) is 0. The zero-order valence-corrected chi connectivity index (χ0v) is 10.8. The third-order valence-electron chi connectivity index (χ3n) is 2.70. The Bertz CT molecular complexity index is 721. The Kier molecular flexibility index (Phi) is 4.03. The molecule has 21 heavy (non-hydrogen) atoms. The van der Waals surface area contributed by atoms with Gasteiger partial charge in [-0.05, 0) is 30.3 Å². The number of nitrogens with one attached hydrogen (secondary N) is 1. The van der Waals surface area contributed by atoms with Crippen LogP contribution in [0, 0.1) is 0 Å². The molecule has 3 N–H and O–H groups in total. The molecule has 0 radical (unpaired) electrons. The molecule has 0 aliphatic carbocycles. The van der Waals surface area contributed by atoms with E-state index < -0.39 is 24.0 Å². The van der Waals surface area contributed by atoms with E-state index in [4.69, 9.17) is 5.11 Å². The van der Waals surface area contributed by atoms with Crippen LogP contribution in [0.1, 0.15) is 10.5 Å². The molecule has 0 bridgehead atoms. The average molecular weight is 288 g/mol. The molecular weight excluding hydrogens is 276 g/mol. The number of aliphatic carboxylic acids is 1. The average Bonchev–Trinajstić information content (AvgIpc) is 2.45. The second-order valence-electron chi connectivity index (χ2n) is 4.23. The molecule has 0 aliphatic rings. The monoisotopic (exact) mass is 288 g/mol. The summed E-state index contributed by atoms with van der Waals surface area (Å²) in [6.45, 7) is -0.569. The van der Waals surface area contributed by atoms with Gasteiger partial charge in [0, 0.05) is 11.8 Å². The molecule has 0 fully saturated rings. The number of pyridine rings is 1. The maximum Gasteiger partial charge on any atom is 0.323 e. The van der Waals surface area contributed by atoms with E-state index in [0.717, 1.165) is 4.90 Å². The first-order valence-corrected chi connectivity index (χ1v) is 5.99. The van der Waals surface area contributed by atoms with E-state index in [1.54, 1.807) is 0 Å². The van der Waals surface area contributed by atoms with Gasteiger partial charge >= 0.3 is 5.97 Å². The number of aromatic hydroxyl groups is 1. The van der Waals surface area contributed by atoms with Gasteiger partial charge in [0.15, 0.2) is 0 Å². The van der Waals surface area contributed by atoms with Gasteiger partial charge in [0.1, 0.15) is 18.0 Å². The maximum atomic E-state index is 12.3. The lowest BCUT2D eigenvalue weighted by atomic mass is 10.2. The Morgan fingerprint density at radius 2 is 1.76 bits per heavy atom. The Morgan fingerprint density at radius 1 is 1.10 bits per heavy atom. The van der Waals surface area contributed by atoms with Gasteiger partial charge in [-0.2, -0.15) is 0 Å². The van der Waals surface area contributed by atoms with Crippen LogP contribution in [0.5, 0.6) is 5.75 Å². The van der Waals surface area contributed by atoms with E-state index in [2.05, 4.69) is 4.98 Å². The number of rotatable bonds is 4. The number of H-pyrrole nitrogens is 1. The van der Waals surface area contributed by atoms with Crippen LogP contribution in [-0.2, 0) is 4.79 Å². The smallest absolute Gasteiger partial charge is 0.323 e. The fourth-order valence-corrected chi connectivity index (χ4v) is 1.77. The molecule has 1 aromatic heterocycles. The number of carbonyl (C=O) groups excluding carboxylic acids is 1. The number of aromatic amines is 1. The lowest BCUT2D eigenvalue weighted by Gasteiger charge is -2.20. The summed E-state index contributed by atoms with van der Waals surface area (Å²) in [6, 6.07) is 9.55. The third kappa shape index (κ3) is 3.47. The zero-order valence-electron chi connectivity index (χ0n) is 10.8. The van der Waals surface area contributed by atoms with Crippen LogP contribution < -0.4 is 10.5 Å². The largest absolute Gasteiger partial charge is 0.508 e. The lowest BCUT2D eigenvalue weighted by Crippen LogP contribution is -2.36. The Hall–Kier alpha value is -3.09.